The first-order valence-electron chi connectivity index (χ1n) is 6.00. The van der Waals surface area contributed by atoms with E-state index in [0.717, 1.165) is 19.5 Å². The summed E-state index contributed by atoms with van der Waals surface area (Å²) < 4.78 is 1.20. The third-order valence-electron chi connectivity index (χ3n) is 2.89. The van der Waals surface area contributed by atoms with Crippen LogP contribution in [0, 0.1) is 0 Å². The van der Waals surface area contributed by atoms with E-state index in [-0.39, 0.29) is 0 Å². The van der Waals surface area contributed by atoms with Crippen molar-refractivity contribution in [3.63, 3.8) is 0 Å². The van der Waals surface area contributed by atoms with Gasteiger partial charge in [-0.05, 0) is 51.5 Å². The molecule has 0 amide bonds. The van der Waals surface area contributed by atoms with Crippen LogP contribution >= 0.6 is 27.3 Å². The zero-order valence-corrected chi connectivity index (χ0v) is 12.6. The zero-order valence-electron chi connectivity index (χ0n) is 10.2. The molecule has 1 aromatic carbocycles. The fraction of sp³-hybridized carbons (Fsp3) is 0.286. The van der Waals surface area contributed by atoms with Crippen LogP contribution in [0.2, 0.25) is 0 Å². The molecule has 3 N–H and O–H groups in total. The van der Waals surface area contributed by atoms with Crippen LogP contribution in [0.15, 0.2) is 40.2 Å². The van der Waals surface area contributed by atoms with E-state index in [1.54, 1.807) is 11.3 Å². The summed E-state index contributed by atoms with van der Waals surface area (Å²) in [6.45, 7) is 2.51. The third kappa shape index (κ3) is 3.65. The van der Waals surface area contributed by atoms with Gasteiger partial charge in [-0.25, -0.2) is 0 Å². The Morgan fingerprint density at radius 3 is 2.61 bits per heavy atom. The van der Waals surface area contributed by atoms with Gasteiger partial charge in [0.05, 0.1) is 0 Å². The maximum Gasteiger partial charge on any atom is 0.0327 e. The van der Waals surface area contributed by atoms with E-state index < -0.39 is 0 Å². The Morgan fingerprint density at radius 1 is 1.17 bits per heavy atom. The lowest BCUT2D eigenvalue weighted by Crippen LogP contribution is -2.17. The van der Waals surface area contributed by atoms with E-state index >= 15 is 0 Å². The summed E-state index contributed by atoms with van der Waals surface area (Å²) in [7, 11) is 0. The van der Waals surface area contributed by atoms with Crippen LogP contribution in [0.4, 0.5) is 0 Å². The highest BCUT2D eigenvalue weighted by molar-refractivity contribution is 9.10. The highest BCUT2D eigenvalue weighted by Gasteiger charge is 2.02. The van der Waals surface area contributed by atoms with Gasteiger partial charge in [0, 0.05) is 22.4 Å². The average molecular weight is 325 g/mol. The van der Waals surface area contributed by atoms with Crippen molar-refractivity contribution < 1.29 is 0 Å². The number of rotatable bonds is 6. The lowest BCUT2D eigenvalue weighted by molar-refractivity contribution is 0.689. The normalized spacial score (nSPS) is 10.8. The quantitative estimate of drug-likeness (QED) is 0.800. The van der Waals surface area contributed by atoms with Crippen LogP contribution in [0.3, 0.4) is 0 Å². The van der Waals surface area contributed by atoms with Gasteiger partial charge in [0.15, 0.2) is 0 Å². The molecule has 2 nitrogen and oxygen atoms in total. The Labute approximate surface area is 120 Å². The second kappa shape index (κ2) is 7.04. The summed E-state index contributed by atoms with van der Waals surface area (Å²) >= 11 is 5.31. The molecule has 2 aromatic rings. The molecule has 1 heterocycles. The maximum absolute atomic E-state index is 5.73. The Morgan fingerprint density at radius 2 is 1.94 bits per heavy atom. The Bertz CT molecular complexity index is 496. The van der Waals surface area contributed by atoms with Crippen molar-refractivity contribution in [1.82, 2.24) is 5.32 Å². The summed E-state index contributed by atoms with van der Waals surface area (Å²) in [6.07, 6.45) is 1.02. The van der Waals surface area contributed by atoms with Gasteiger partial charge in [0.1, 0.15) is 0 Å². The molecule has 0 spiro atoms. The summed E-state index contributed by atoms with van der Waals surface area (Å²) in [5.74, 6) is 0. The minimum atomic E-state index is 0.618. The fourth-order valence-corrected chi connectivity index (χ4v) is 3.34. The minimum Gasteiger partial charge on any atom is -0.326 e. The molecule has 0 saturated heterocycles. The molecular formula is C14H17BrN2S. The van der Waals surface area contributed by atoms with Gasteiger partial charge in [-0.1, -0.05) is 24.3 Å². The molecule has 0 radical (unpaired) electrons. The van der Waals surface area contributed by atoms with Gasteiger partial charge >= 0.3 is 0 Å². The van der Waals surface area contributed by atoms with Crippen molar-refractivity contribution >= 4 is 27.3 Å². The number of thiophene rings is 1. The number of nitrogens with one attached hydrogen (secondary N) is 1. The second-order valence-corrected chi connectivity index (χ2v) is 5.95. The van der Waals surface area contributed by atoms with Crippen molar-refractivity contribution in [2.75, 3.05) is 6.54 Å². The Hall–Kier alpha value is -0.680. The van der Waals surface area contributed by atoms with Gasteiger partial charge < -0.3 is 11.1 Å². The SMILES string of the molecule is NCc1ccccc1CCNCc1sccc1Br. The van der Waals surface area contributed by atoms with Crippen molar-refractivity contribution in [3.8, 4) is 0 Å². The molecule has 0 atom stereocenters. The van der Waals surface area contributed by atoms with Gasteiger partial charge in [-0.15, -0.1) is 11.3 Å². The summed E-state index contributed by atoms with van der Waals surface area (Å²) in [6, 6.07) is 10.5. The van der Waals surface area contributed by atoms with Crippen LogP contribution in [0.1, 0.15) is 16.0 Å². The summed E-state index contributed by atoms with van der Waals surface area (Å²) in [5, 5.41) is 5.57. The average Bonchev–Trinajstić information content (AvgIpc) is 2.81. The van der Waals surface area contributed by atoms with E-state index in [1.165, 1.54) is 20.5 Å². The predicted octanol–water partition coefficient (Wildman–Crippen LogP) is 3.30. The van der Waals surface area contributed by atoms with E-state index in [4.69, 9.17) is 5.73 Å². The number of hydrogen-bond acceptors (Lipinski definition) is 3. The van der Waals surface area contributed by atoms with Gasteiger partial charge in [-0.3, -0.25) is 0 Å². The first-order chi connectivity index (χ1) is 8.81. The third-order valence-corrected chi connectivity index (χ3v) is 4.81. The number of benzene rings is 1. The topological polar surface area (TPSA) is 38.0 Å². The zero-order chi connectivity index (χ0) is 12.8. The van der Waals surface area contributed by atoms with Crippen LogP contribution in [-0.4, -0.2) is 6.54 Å². The van der Waals surface area contributed by atoms with Crippen LogP contribution in [0.5, 0.6) is 0 Å². The second-order valence-electron chi connectivity index (χ2n) is 4.09. The molecule has 96 valence electrons. The number of halogens is 1. The van der Waals surface area contributed by atoms with E-state index in [1.807, 2.05) is 6.07 Å². The predicted molar refractivity (Wildman–Crippen MR) is 81.8 cm³/mol. The largest absolute Gasteiger partial charge is 0.326 e. The van der Waals surface area contributed by atoms with Crippen LogP contribution in [0.25, 0.3) is 0 Å². The maximum atomic E-state index is 5.73. The van der Waals surface area contributed by atoms with Gasteiger partial charge in [0.2, 0.25) is 0 Å². The lowest BCUT2D eigenvalue weighted by Gasteiger charge is -2.08. The molecule has 0 aliphatic carbocycles. The summed E-state index contributed by atoms with van der Waals surface area (Å²) in [4.78, 5) is 1.35. The standard InChI is InChI=1S/C14H17BrN2S/c15-13-6-8-18-14(13)10-17-7-5-11-3-1-2-4-12(11)9-16/h1-4,6,8,17H,5,7,9-10,16H2. The minimum absolute atomic E-state index is 0.618. The first kappa shape index (κ1) is 13.7. The molecule has 0 bridgehead atoms. The Balaban J connectivity index is 1.80. The van der Waals surface area contributed by atoms with E-state index in [0.29, 0.717) is 6.54 Å². The van der Waals surface area contributed by atoms with Crippen molar-refractivity contribution in [2.45, 2.75) is 19.5 Å². The van der Waals surface area contributed by atoms with Crippen molar-refractivity contribution in [2.24, 2.45) is 5.73 Å². The molecule has 1 aromatic heterocycles. The molecular weight excluding hydrogens is 308 g/mol. The van der Waals surface area contributed by atoms with Crippen molar-refractivity contribution in [3.05, 3.63) is 56.2 Å². The number of nitrogens with two attached hydrogens (primary N) is 1. The highest BCUT2D eigenvalue weighted by Crippen LogP contribution is 2.22. The van der Waals surface area contributed by atoms with Gasteiger partial charge in [-0.2, -0.15) is 0 Å². The van der Waals surface area contributed by atoms with Gasteiger partial charge in [0.25, 0.3) is 0 Å². The van der Waals surface area contributed by atoms with E-state index in [2.05, 4.69) is 50.9 Å². The van der Waals surface area contributed by atoms with Crippen molar-refractivity contribution in [1.29, 1.82) is 0 Å². The molecule has 2 rings (SSSR count). The first-order valence-corrected chi connectivity index (χ1v) is 7.68. The monoisotopic (exact) mass is 324 g/mol. The van der Waals surface area contributed by atoms with Crippen LogP contribution in [-0.2, 0) is 19.5 Å². The lowest BCUT2D eigenvalue weighted by atomic mass is 10.0. The highest BCUT2D eigenvalue weighted by atomic mass is 79.9. The Kier molecular flexibility index (Phi) is 5.38. The summed E-state index contributed by atoms with van der Waals surface area (Å²) in [5.41, 5.74) is 8.32. The molecule has 18 heavy (non-hydrogen) atoms. The van der Waals surface area contributed by atoms with Crippen LogP contribution < -0.4 is 11.1 Å². The van der Waals surface area contributed by atoms with E-state index in [9.17, 15) is 0 Å². The molecule has 0 aliphatic heterocycles. The fourth-order valence-electron chi connectivity index (χ4n) is 1.88. The number of hydrogen-bond donors (Lipinski definition) is 2. The molecule has 0 fully saturated rings. The molecule has 0 unspecified atom stereocenters. The molecule has 0 saturated carbocycles. The smallest absolute Gasteiger partial charge is 0.0327 e. The molecule has 4 heteroatoms. The molecule has 0 aliphatic rings.